The molecule has 1 heterocycles. The maximum absolute atomic E-state index is 6.27. The normalized spacial score (nSPS) is 11.0. The maximum Gasteiger partial charge on any atom is 0.143 e. The van der Waals surface area contributed by atoms with E-state index in [1.165, 1.54) is 16.5 Å². The number of furan rings is 1. The quantitative estimate of drug-likeness (QED) is 0.435. The molecule has 106 valence electrons. The molecule has 0 spiro atoms. The lowest BCUT2D eigenvalue weighted by Crippen LogP contribution is -1.80. The lowest BCUT2D eigenvalue weighted by atomic mass is 9.98. The van der Waals surface area contributed by atoms with E-state index in [1.807, 2.05) is 24.3 Å². The molecule has 22 heavy (non-hydrogen) atoms. The van der Waals surface area contributed by atoms with Gasteiger partial charge in [0, 0.05) is 16.5 Å². The molecule has 0 fully saturated rings. The van der Waals surface area contributed by atoms with Crippen molar-refractivity contribution in [1.29, 1.82) is 0 Å². The van der Waals surface area contributed by atoms with Crippen LogP contribution in [0.15, 0.2) is 83.3 Å². The van der Waals surface area contributed by atoms with E-state index in [0.29, 0.717) is 0 Å². The van der Waals surface area contributed by atoms with Gasteiger partial charge in [0.25, 0.3) is 0 Å². The van der Waals surface area contributed by atoms with E-state index in [1.54, 1.807) is 0 Å². The Hall–Kier alpha value is -2.80. The molecule has 4 aromatic rings. The summed E-state index contributed by atoms with van der Waals surface area (Å²) in [4.78, 5) is 0. The SMILES string of the molecule is Cc1cccc2c(-c3ccccc3)c(-c3ccccc3)oc12. The van der Waals surface area contributed by atoms with Gasteiger partial charge in [0.15, 0.2) is 0 Å². The molecular weight excluding hydrogens is 268 g/mol. The molecule has 0 aliphatic heterocycles. The summed E-state index contributed by atoms with van der Waals surface area (Å²) in [6.07, 6.45) is 0. The zero-order valence-corrected chi connectivity index (χ0v) is 12.4. The fourth-order valence-electron chi connectivity index (χ4n) is 2.94. The van der Waals surface area contributed by atoms with Crippen LogP contribution in [0.4, 0.5) is 0 Å². The average Bonchev–Trinajstić information content (AvgIpc) is 2.97. The summed E-state index contributed by atoms with van der Waals surface area (Å²) in [6, 6.07) is 27.1. The number of rotatable bonds is 2. The van der Waals surface area contributed by atoms with Crippen molar-refractivity contribution in [3.05, 3.63) is 84.4 Å². The standard InChI is InChI=1S/C21H16O/c1-15-9-8-14-18-19(16-10-4-2-5-11-16)21(22-20(15)18)17-12-6-3-7-13-17/h2-14H,1H3. The minimum absolute atomic E-state index is 0.941. The first kappa shape index (κ1) is 12.9. The number of aryl methyl sites for hydroxylation is 1. The minimum atomic E-state index is 0.941. The number of benzene rings is 3. The van der Waals surface area contributed by atoms with Gasteiger partial charge in [-0.25, -0.2) is 0 Å². The highest BCUT2D eigenvalue weighted by Crippen LogP contribution is 2.41. The first-order valence-corrected chi connectivity index (χ1v) is 7.47. The van der Waals surface area contributed by atoms with E-state index in [-0.39, 0.29) is 0 Å². The van der Waals surface area contributed by atoms with Crippen molar-refractivity contribution < 1.29 is 4.42 Å². The van der Waals surface area contributed by atoms with E-state index in [4.69, 9.17) is 4.42 Å². The van der Waals surface area contributed by atoms with Crippen LogP contribution >= 0.6 is 0 Å². The number of fused-ring (bicyclic) bond motifs is 1. The van der Waals surface area contributed by atoms with Gasteiger partial charge in [-0.15, -0.1) is 0 Å². The molecule has 0 aliphatic carbocycles. The summed E-state index contributed by atoms with van der Waals surface area (Å²) in [7, 11) is 0. The second-order valence-corrected chi connectivity index (χ2v) is 5.49. The molecule has 4 rings (SSSR count). The second kappa shape index (κ2) is 5.19. The van der Waals surface area contributed by atoms with Crippen LogP contribution in [0.25, 0.3) is 33.4 Å². The molecule has 1 aromatic heterocycles. The predicted octanol–water partition coefficient (Wildman–Crippen LogP) is 6.08. The fourth-order valence-corrected chi connectivity index (χ4v) is 2.94. The molecule has 0 saturated heterocycles. The van der Waals surface area contributed by atoms with E-state index in [0.717, 1.165) is 22.5 Å². The highest BCUT2D eigenvalue weighted by atomic mass is 16.3. The van der Waals surface area contributed by atoms with Crippen molar-refractivity contribution in [2.75, 3.05) is 0 Å². The van der Waals surface area contributed by atoms with Crippen molar-refractivity contribution in [3.63, 3.8) is 0 Å². The van der Waals surface area contributed by atoms with Gasteiger partial charge in [0.1, 0.15) is 11.3 Å². The summed E-state index contributed by atoms with van der Waals surface area (Å²) in [5.41, 5.74) is 5.60. The molecule has 0 unspecified atom stereocenters. The molecule has 3 aromatic carbocycles. The van der Waals surface area contributed by atoms with E-state index in [2.05, 4.69) is 61.5 Å². The highest BCUT2D eigenvalue weighted by Gasteiger charge is 2.18. The van der Waals surface area contributed by atoms with Gasteiger partial charge in [-0.3, -0.25) is 0 Å². The average molecular weight is 284 g/mol. The summed E-state index contributed by atoms with van der Waals surface area (Å²) < 4.78 is 6.27. The third kappa shape index (κ3) is 2.03. The van der Waals surface area contributed by atoms with Crippen LogP contribution in [-0.2, 0) is 0 Å². The van der Waals surface area contributed by atoms with Crippen molar-refractivity contribution in [2.24, 2.45) is 0 Å². The van der Waals surface area contributed by atoms with Crippen LogP contribution in [0.1, 0.15) is 5.56 Å². The van der Waals surface area contributed by atoms with Crippen molar-refractivity contribution in [2.45, 2.75) is 6.92 Å². The summed E-state index contributed by atoms with van der Waals surface area (Å²) in [6.45, 7) is 2.09. The largest absolute Gasteiger partial charge is 0.455 e. The van der Waals surface area contributed by atoms with E-state index in [9.17, 15) is 0 Å². The zero-order chi connectivity index (χ0) is 14.9. The molecule has 0 radical (unpaired) electrons. The number of hydrogen-bond acceptors (Lipinski definition) is 1. The Morgan fingerprint density at radius 3 is 1.95 bits per heavy atom. The Kier molecular flexibility index (Phi) is 3.05. The van der Waals surface area contributed by atoms with Crippen LogP contribution in [0.2, 0.25) is 0 Å². The smallest absolute Gasteiger partial charge is 0.143 e. The minimum Gasteiger partial charge on any atom is -0.455 e. The Morgan fingerprint density at radius 1 is 0.636 bits per heavy atom. The van der Waals surface area contributed by atoms with Crippen molar-refractivity contribution in [1.82, 2.24) is 0 Å². The third-order valence-electron chi connectivity index (χ3n) is 4.01. The zero-order valence-electron chi connectivity index (χ0n) is 12.4. The fraction of sp³-hybridized carbons (Fsp3) is 0.0476. The predicted molar refractivity (Wildman–Crippen MR) is 91.8 cm³/mol. The maximum atomic E-state index is 6.27. The lowest BCUT2D eigenvalue weighted by molar-refractivity contribution is 0.630. The second-order valence-electron chi connectivity index (χ2n) is 5.49. The van der Waals surface area contributed by atoms with Crippen LogP contribution in [0.3, 0.4) is 0 Å². The van der Waals surface area contributed by atoms with Crippen LogP contribution < -0.4 is 0 Å². The van der Waals surface area contributed by atoms with Gasteiger partial charge in [-0.2, -0.15) is 0 Å². The van der Waals surface area contributed by atoms with Gasteiger partial charge >= 0.3 is 0 Å². The number of para-hydroxylation sites is 1. The first-order chi connectivity index (χ1) is 10.8. The monoisotopic (exact) mass is 284 g/mol. The van der Waals surface area contributed by atoms with Crippen molar-refractivity contribution in [3.8, 4) is 22.5 Å². The Morgan fingerprint density at radius 2 is 1.27 bits per heavy atom. The Balaban J connectivity index is 2.10. The van der Waals surface area contributed by atoms with Crippen LogP contribution in [0, 0.1) is 6.92 Å². The third-order valence-corrected chi connectivity index (χ3v) is 4.01. The van der Waals surface area contributed by atoms with Crippen LogP contribution in [-0.4, -0.2) is 0 Å². The lowest BCUT2D eigenvalue weighted by Gasteiger charge is -2.03. The number of hydrogen-bond donors (Lipinski definition) is 0. The first-order valence-electron chi connectivity index (χ1n) is 7.47. The Labute approximate surface area is 129 Å². The van der Waals surface area contributed by atoms with Gasteiger partial charge < -0.3 is 4.42 Å². The molecule has 1 nitrogen and oxygen atoms in total. The molecule has 0 atom stereocenters. The Bertz CT molecular complexity index is 918. The summed E-state index contributed by atoms with van der Waals surface area (Å²) >= 11 is 0. The van der Waals surface area contributed by atoms with E-state index >= 15 is 0 Å². The highest BCUT2D eigenvalue weighted by molar-refractivity contribution is 6.02. The van der Waals surface area contributed by atoms with Gasteiger partial charge in [0.05, 0.1) is 0 Å². The molecule has 0 amide bonds. The van der Waals surface area contributed by atoms with Crippen molar-refractivity contribution >= 4 is 11.0 Å². The molecule has 0 N–H and O–H groups in total. The van der Waals surface area contributed by atoms with Crippen LogP contribution in [0.5, 0.6) is 0 Å². The summed E-state index contributed by atoms with van der Waals surface area (Å²) in [5, 5.41) is 1.17. The molecular formula is C21H16O. The van der Waals surface area contributed by atoms with Gasteiger partial charge in [-0.1, -0.05) is 78.9 Å². The molecule has 0 aliphatic rings. The van der Waals surface area contributed by atoms with Gasteiger partial charge in [0.2, 0.25) is 0 Å². The topological polar surface area (TPSA) is 13.1 Å². The molecule has 0 bridgehead atoms. The van der Waals surface area contributed by atoms with E-state index < -0.39 is 0 Å². The van der Waals surface area contributed by atoms with Gasteiger partial charge in [-0.05, 0) is 18.1 Å². The summed E-state index contributed by atoms with van der Waals surface area (Å²) in [5.74, 6) is 0.941. The molecule has 1 heteroatoms. The molecule has 0 saturated carbocycles.